The van der Waals surface area contributed by atoms with E-state index in [9.17, 15) is 4.79 Å². The van der Waals surface area contributed by atoms with Crippen LogP contribution in [0.2, 0.25) is 0 Å². The molecule has 0 aromatic carbocycles. The van der Waals surface area contributed by atoms with E-state index in [4.69, 9.17) is 4.74 Å². The molecule has 0 spiro atoms. The zero-order valence-corrected chi connectivity index (χ0v) is 6.78. The fourth-order valence-electron chi connectivity index (χ4n) is 0.602. The number of nitrogens with zero attached hydrogens (tertiary/aromatic N) is 1. The van der Waals surface area contributed by atoms with Gasteiger partial charge in [0.25, 0.3) is 0 Å². The summed E-state index contributed by atoms with van der Waals surface area (Å²) in [4.78, 5) is 14.8. The molecular formula is C9H9NO2. The normalized spacial score (nSPS) is 9.08. The Hall–Kier alpha value is -1.64. The van der Waals surface area contributed by atoms with E-state index < -0.39 is 5.97 Å². The fourth-order valence-corrected chi connectivity index (χ4v) is 0.602. The number of pyridine rings is 1. The van der Waals surface area contributed by atoms with Crippen molar-refractivity contribution in [2.75, 3.05) is 0 Å². The highest BCUT2D eigenvalue weighted by Crippen LogP contribution is 2.07. The van der Waals surface area contributed by atoms with Crippen molar-refractivity contribution < 1.29 is 9.53 Å². The number of hydrogen-bond acceptors (Lipinski definition) is 3. The minimum absolute atomic E-state index is 0.374. The van der Waals surface area contributed by atoms with Gasteiger partial charge in [0.05, 0.1) is 6.20 Å². The standard InChI is InChI=1S/C9H9NO2/c1-7(2)9(11)12-8-4-3-5-10-6-8/h3-6H,1H2,2H3. The Kier molecular flexibility index (Phi) is 2.58. The summed E-state index contributed by atoms with van der Waals surface area (Å²) in [7, 11) is 0. The third-order valence-corrected chi connectivity index (χ3v) is 1.19. The number of hydrogen-bond donors (Lipinski definition) is 0. The average molecular weight is 163 g/mol. The number of ether oxygens (including phenoxy) is 1. The molecular weight excluding hydrogens is 154 g/mol. The zero-order chi connectivity index (χ0) is 8.97. The van der Waals surface area contributed by atoms with E-state index >= 15 is 0 Å². The Morgan fingerprint density at radius 3 is 2.92 bits per heavy atom. The molecule has 0 aliphatic heterocycles. The Balaban J connectivity index is 2.65. The summed E-state index contributed by atoms with van der Waals surface area (Å²) in [6, 6.07) is 3.36. The quantitative estimate of drug-likeness (QED) is 0.490. The van der Waals surface area contributed by atoms with Crippen LogP contribution in [0, 0.1) is 0 Å². The summed E-state index contributed by atoms with van der Waals surface area (Å²) >= 11 is 0. The lowest BCUT2D eigenvalue weighted by atomic mass is 10.3. The van der Waals surface area contributed by atoms with Crippen molar-refractivity contribution in [2.24, 2.45) is 0 Å². The summed E-state index contributed by atoms with van der Waals surface area (Å²) < 4.78 is 4.87. The molecule has 12 heavy (non-hydrogen) atoms. The SMILES string of the molecule is C=C(C)C(=O)Oc1cccnc1. The van der Waals surface area contributed by atoms with Crippen LogP contribution in [0.3, 0.4) is 0 Å². The predicted octanol–water partition coefficient (Wildman–Crippen LogP) is 1.56. The summed E-state index contributed by atoms with van der Waals surface area (Å²) in [5.74, 6) is 0.00787. The van der Waals surface area contributed by atoms with E-state index in [1.165, 1.54) is 6.20 Å². The molecule has 0 bridgehead atoms. The summed E-state index contributed by atoms with van der Waals surface area (Å²) in [5.41, 5.74) is 0.374. The topological polar surface area (TPSA) is 39.2 Å². The molecule has 0 aliphatic carbocycles. The maximum atomic E-state index is 11.0. The van der Waals surface area contributed by atoms with Crippen LogP contribution in [0.15, 0.2) is 36.7 Å². The van der Waals surface area contributed by atoms with E-state index in [-0.39, 0.29) is 0 Å². The van der Waals surface area contributed by atoms with Gasteiger partial charge in [0.1, 0.15) is 5.75 Å². The Bertz CT molecular complexity index is 293. The minimum Gasteiger partial charge on any atom is -0.422 e. The summed E-state index contributed by atoms with van der Waals surface area (Å²) in [6.07, 6.45) is 3.08. The number of esters is 1. The van der Waals surface area contributed by atoms with Gasteiger partial charge < -0.3 is 4.74 Å². The van der Waals surface area contributed by atoms with Crippen molar-refractivity contribution >= 4 is 5.97 Å². The predicted molar refractivity (Wildman–Crippen MR) is 44.7 cm³/mol. The van der Waals surface area contributed by atoms with Crippen molar-refractivity contribution in [3.8, 4) is 5.75 Å². The number of carbonyl (C=O) groups excluding carboxylic acids is 1. The third kappa shape index (κ3) is 2.20. The highest BCUT2D eigenvalue weighted by atomic mass is 16.5. The molecule has 3 heteroatoms. The van der Waals surface area contributed by atoms with Crippen LogP contribution in [0.25, 0.3) is 0 Å². The van der Waals surface area contributed by atoms with E-state index in [0.717, 1.165) is 0 Å². The first kappa shape index (κ1) is 8.46. The van der Waals surface area contributed by atoms with E-state index in [1.807, 2.05) is 0 Å². The first-order chi connectivity index (χ1) is 5.70. The maximum absolute atomic E-state index is 11.0. The fraction of sp³-hybridized carbons (Fsp3) is 0.111. The smallest absolute Gasteiger partial charge is 0.338 e. The van der Waals surface area contributed by atoms with E-state index in [2.05, 4.69) is 11.6 Å². The van der Waals surface area contributed by atoms with Crippen LogP contribution >= 0.6 is 0 Å². The molecule has 0 N–H and O–H groups in total. The minimum atomic E-state index is -0.428. The van der Waals surface area contributed by atoms with Crippen LogP contribution in [0.5, 0.6) is 5.75 Å². The first-order valence-electron chi connectivity index (χ1n) is 3.48. The molecule has 0 atom stereocenters. The highest BCUT2D eigenvalue weighted by molar-refractivity contribution is 5.88. The van der Waals surface area contributed by atoms with E-state index in [0.29, 0.717) is 11.3 Å². The Labute approximate surface area is 70.7 Å². The second-order valence-corrected chi connectivity index (χ2v) is 2.36. The molecule has 1 rings (SSSR count). The Morgan fingerprint density at radius 1 is 1.67 bits per heavy atom. The lowest BCUT2D eigenvalue weighted by Gasteiger charge is -2.01. The number of aromatic nitrogens is 1. The highest BCUT2D eigenvalue weighted by Gasteiger charge is 2.03. The lowest BCUT2D eigenvalue weighted by molar-refractivity contribution is -0.130. The largest absolute Gasteiger partial charge is 0.422 e. The second kappa shape index (κ2) is 3.67. The number of rotatable bonds is 2. The zero-order valence-electron chi connectivity index (χ0n) is 6.78. The molecule has 1 aromatic heterocycles. The number of carbonyl (C=O) groups is 1. The molecule has 1 aromatic rings. The molecule has 1 heterocycles. The molecule has 0 saturated carbocycles. The van der Waals surface area contributed by atoms with Crippen molar-refractivity contribution in [3.05, 3.63) is 36.7 Å². The first-order valence-corrected chi connectivity index (χ1v) is 3.48. The van der Waals surface area contributed by atoms with Crippen molar-refractivity contribution in [1.82, 2.24) is 4.98 Å². The van der Waals surface area contributed by atoms with Crippen LogP contribution in [-0.2, 0) is 4.79 Å². The van der Waals surface area contributed by atoms with Gasteiger partial charge in [0, 0.05) is 11.8 Å². The lowest BCUT2D eigenvalue weighted by Crippen LogP contribution is -2.07. The van der Waals surface area contributed by atoms with Gasteiger partial charge >= 0.3 is 5.97 Å². The third-order valence-electron chi connectivity index (χ3n) is 1.19. The van der Waals surface area contributed by atoms with Gasteiger partial charge in [0.2, 0.25) is 0 Å². The summed E-state index contributed by atoms with van der Waals surface area (Å²) in [5, 5.41) is 0. The van der Waals surface area contributed by atoms with Gasteiger partial charge in [-0.3, -0.25) is 4.98 Å². The van der Waals surface area contributed by atoms with Gasteiger partial charge in [-0.2, -0.15) is 0 Å². The second-order valence-electron chi connectivity index (χ2n) is 2.36. The van der Waals surface area contributed by atoms with Crippen molar-refractivity contribution in [3.63, 3.8) is 0 Å². The van der Waals surface area contributed by atoms with Crippen LogP contribution in [0.4, 0.5) is 0 Å². The monoisotopic (exact) mass is 163 g/mol. The van der Waals surface area contributed by atoms with E-state index in [1.54, 1.807) is 25.3 Å². The molecule has 62 valence electrons. The van der Waals surface area contributed by atoms with Crippen molar-refractivity contribution in [1.29, 1.82) is 0 Å². The average Bonchev–Trinajstić information content (AvgIpc) is 2.06. The molecule has 0 saturated heterocycles. The summed E-state index contributed by atoms with van der Waals surface area (Å²) in [6.45, 7) is 5.05. The van der Waals surface area contributed by atoms with Gasteiger partial charge in [-0.05, 0) is 19.1 Å². The molecule has 3 nitrogen and oxygen atoms in total. The van der Waals surface area contributed by atoms with Crippen LogP contribution in [-0.4, -0.2) is 11.0 Å². The molecule has 0 amide bonds. The van der Waals surface area contributed by atoms with Gasteiger partial charge in [-0.15, -0.1) is 0 Å². The molecule has 0 radical (unpaired) electrons. The molecule has 0 aliphatic rings. The van der Waals surface area contributed by atoms with Crippen molar-refractivity contribution in [2.45, 2.75) is 6.92 Å². The van der Waals surface area contributed by atoms with Gasteiger partial charge in [-0.25, -0.2) is 4.79 Å². The van der Waals surface area contributed by atoms with Gasteiger partial charge in [0.15, 0.2) is 0 Å². The Morgan fingerprint density at radius 2 is 2.42 bits per heavy atom. The molecule has 0 unspecified atom stereocenters. The molecule has 0 fully saturated rings. The van der Waals surface area contributed by atoms with Crippen LogP contribution in [0.1, 0.15) is 6.92 Å². The van der Waals surface area contributed by atoms with Crippen LogP contribution < -0.4 is 4.74 Å². The van der Waals surface area contributed by atoms with Gasteiger partial charge in [-0.1, -0.05) is 6.58 Å². The maximum Gasteiger partial charge on any atom is 0.338 e.